The Labute approximate surface area is 103 Å². The first-order valence-corrected chi connectivity index (χ1v) is 6.33. The van der Waals surface area contributed by atoms with Crippen molar-refractivity contribution in [3.8, 4) is 0 Å². The summed E-state index contributed by atoms with van der Waals surface area (Å²) in [6.07, 6.45) is 4.19. The Morgan fingerprint density at radius 2 is 2.00 bits per heavy atom. The van der Waals surface area contributed by atoms with Crippen LogP contribution in [0, 0.1) is 5.82 Å². The second-order valence-electron chi connectivity index (χ2n) is 4.37. The lowest BCUT2D eigenvalue weighted by atomic mass is 10.1. The van der Waals surface area contributed by atoms with Gasteiger partial charge < -0.3 is 10.4 Å². The van der Waals surface area contributed by atoms with Gasteiger partial charge in [0.05, 0.1) is 0 Å². The van der Waals surface area contributed by atoms with Crippen molar-refractivity contribution in [2.75, 3.05) is 13.2 Å². The minimum atomic E-state index is -0.181. The zero-order valence-corrected chi connectivity index (χ0v) is 10.5. The van der Waals surface area contributed by atoms with Crippen LogP contribution in [-0.2, 0) is 0 Å². The highest BCUT2D eigenvalue weighted by molar-refractivity contribution is 5.19. The van der Waals surface area contributed by atoms with Crippen LogP contribution in [0.2, 0.25) is 0 Å². The van der Waals surface area contributed by atoms with Gasteiger partial charge in [-0.25, -0.2) is 4.39 Å². The van der Waals surface area contributed by atoms with E-state index in [9.17, 15) is 4.39 Å². The average molecular weight is 239 g/mol. The first-order chi connectivity index (χ1) is 8.24. The molecule has 2 nitrogen and oxygen atoms in total. The van der Waals surface area contributed by atoms with E-state index in [-0.39, 0.29) is 18.5 Å². The maximum Gasteiger partial charge on any atom is 0.123 e. The molecule has 0 saturated heterocycles. The molecule has 0 spiro atoms. The number of nitrogens with one attached hydrogen (secondary N) is 1. The normalized spacial score (nSPS) is 12.6. The van der Waals surface area contributed by atoms with Crippen molar-refractivity contribution in [3.05, 3.63) is 35.6 Å². The van der Waals surface area contributed by atoms with Gasteiger partial charge in [0.15, 0.2) is 0 Å². The molecule has 0 aliphatic carbocycles. The molecule has 1 rings (SSSR count). The second kappa shape index (κ2) is 8.20. The van der Waals surface area contributed by atoms with Crippen LogP contribution >= 0.6 is 0 Å². The zero-order chi connectivity index (χ0) is 12.5. The fraction of sp³-hybridized carbons (Fsp3) is 0.571. The number of halogens is 1. The summed E-state index contributed by atoms with van der Waals surface area (Å²) in [6.45, 7) is 3.26. The van der Waals surface area contributed by atoms with Gasteiger partial charge in [-0.2, -0.15) is 0 Å². The molecule has 0 bridgehead atoms. The van der Waals surface area contributed by atoms with Crippen molar-refractivity contribution in [2.24, 2.45) is 0 Å². The molecule has 0 heterocycles. The molecule has 0 aliphatic heterocycles. The highest BCUT2D eigenvalue weighted by Crippen LogP contribution is 2.13. The van der Waals surface area contributed by atoms with Crippen molar-refractivity contribution in [1.29, 1.82) is 0 Å². The molecule has 1 aromatic carbocycles. The quantitative estimate of drug-likeness (QED) is 0.683. The van der Waals surface area contributed by atoms with Gasteiger partial charge in [-0.15, -0.1) is 0 Å². The summed E-state index contributed by atoms with van der Waals surface area (Å²) in [5, 5.41) is 12.0. The van der Waals surface area contributed by atoms with Crippen LogP contribution in [0.5, 0.6) is 0 Å². The van der Waals surface area contributed by atoms with E-state index in [4.69, 9.17) is 5.11 Å². The van der Waals surface area contributed by atoms with Crippen LogP contribution < -0.4 is 5.32 Å². The van der Waals surface area contributed by atoms with Gasteiger partial charge in [0, 0.05) is 12.6 Å². The standard InChI is InChI=1S/C14H22FNO/c1-12(13-7-6-8-14(15)11-13)16-9-4-2-3-5-10-17/h6-8,11-12,16-17H,2-5,9-10H2,1H3/t12-/m1/s1. The highest BCUT2D eigenvalue weighted by atomic mass is 19.1. The zero-order valence-electron chi connectivity index (χ0n) is 10.5. The molecule has 0 radical (unpaired) electrons. The second-order valence-corrected chi connectivity index (χ2v) is 4.37. The third kappa shape index (κ3) is 5.80. The number of hydrogen-bond donors (Lipinski definition) is 2. The maximum atomic E-state index is 13.0. The summed E-state index contributed by atoms with van der Waals surface area (Å²) in [5.74, 6) is -0.181. The molecule has 1 atom stereocenters. The van der Waals surface area contributed by atoms with Crippen molar-refractivity contribution in [1.82, 2.24) is 5.32 Å². The van der Waals surface area contributed by atoms with Crippen LogP contribution in [0.15, 0.2) is 24.3 Å². The van der Waals surface area contributed by atoms with Crippen LogP contribution in [0.4, 0.5) is 4.39 Å². The SMILES string of the molecule is C[C@@H](NCCCCCCO)c1cccc(F)c1. The van der Waals surface area contributed by atoms with Crippen molar-refractivity contribution in [2.45, 2.75) is 38.6 Å². The average Bonchev–Trinajstić information content (AvgIpc) is 2.33. The van der Waals surface area contributed by atoms with Crippen LogP contribution in [-0.4, -0.2) is 18.3 Å². The van der Waals surface area contributed by atoms with Gasteiger partial charge in [0.25, 0.3) is 0 Å². The largest absolute Gasteiger partial charge is 0.396 e. The number of unbranched alkanes of at least 4 members (excludes halogenated alkanes) is 3. The summed E-state index contributed by atoms with van der Waals surface area (Å²) in [5.41, 5.74) is 0.986. The van der Waals surface area contributed by atoms with Crippen LogP contribution in [0.1, 0.15) is 44.2 Å². The van der Waals surface area contributed by atoms with Gasteiger partial charge >= 0.3 is 0 Å². The first kappa shape index (κ1) is 14.1. The monoisotopic (exact) mass is 239 g/mol. The van der Waals surface area contributed by atoms with E-state index in [2.05, 4.69) is 5.32 Å². The van der Waals surface area contributed by atoms with E-state index in [1.54, 1.807) is 12.1 Å². The van der Waals surface area contributed by atoms with E-state index in [1.807, 2.05) is 13.0 Å². The molecule has 0 unspecified atom stereocenters. The molecule has 0 fully saturated rings. The van der Waals surface area contributed by atoms with Crippen molar-refractivity contribution in [3.63, 3.8) is 0 Å². The molecular weight excluding hydrogens is 217 g/mol. The molecule has 1 aromatic rings. The van der Waals surface area contributed by atoms with Gasteiger partial charge in [0.1, 0.15) is 5.82 Å². The molecule has 3 heteroatoms. The summed E-state index contributed by atoms with van der Waals surface area (Å²) < 4.78 is 13.0. The molecule has 0 amide bonds. The summed E-state index contributed by atoms with van der Waals surface area (Å²) in [6, 6.07) is 6.90. The Kier molecular flexibility index (Phi) is 6.82. The van der Waals surface area contributed by atoms with E-state index in [1.165, 1.54) is 6.07 Å². The Morgan fingerprint density at radius 1 is 1.24 bits per heavy atom. The summed E-state index contributed by atoms with van der Waals surface area (Å²) in [4.78, 5) is 0. The Morgan fingerprint density at radius 3 is 2.71 bits per heavy atom. The Bertz CT molecular complexity index is 317. The lowest BCUT2D eigenvalue weighted by Gasteiger charge is -2.14. The number of benzene rings is 1. The van der Waals surface area contributed by atoms with Crippen molar-refractivity contribution >= 4 is 0 Å². The fourth-order valence-corrected chi connectivity index (χ4v) is 1.80. The summed E-state index contributed by atoms with van der Waals surface area (Å²) >= 11 is 0. The summed E-state index contributed by atoms with van der Waals surface area (Å²) in [7, 11) is 0. The number of aliphatic hydroxyl groups is 1. The topological polar surface area (TPSA) is 32.3 Å². The van der Waals surface area contributed by atoms with Gasteiger partial charge in [-0.05, 0) is 44.0 Å². The number of aliphatic hydroxyl groups excluding tert-OH is 1. The first-order valence-electron chi connectivity index (χ1n) is 6.33. The fourth-order valence-electron chi connectivity index (χ4n) is 1.80. The van der Waals surface area contributed by atoms with Crippen LogP contribution in [0.25, 0.3) is 0 Å². The molecule has 17 heavy (non-hydrogen) atoms. The lowest BCUT2D eigenvalue weighted by molar-refractivity contribution is 0.282. The van der Waals surface area contributed by atoms with Gasteiger partial charge in [0.2, 0.25) is 0 Å². The smallest absolute Gasteiger partial charge is 0.123 e. The molecule has 0 saturated carbocycles. The van der Waals surface area contributed by atoms with Crippen molar-refractivity contribution < 1.29 is 9.50 Å². The molecule has 0 aliphatic rings. The van der Waals surface area contributed by atoms with Crippen LogP contribution in [0.3, 0.4) is 0 Å². The predicted octanol–water partition coefficient (Wildman–Crippen LogP) is 3.03. The van der Waals surface area contributed by atoms with Gasteiger partial charge in [-0.3, -0.25) is 0 Å². The van der Waals surface area contributed by atoms with E-state index in [0.717, 1.165) is 37.8 Å². The lowest BCUT2D eigenvalue weighted by Crippen LogP contribution is -2.19. The number of rotatable bonds is 8. The van der Waals surface area contributed by atoms with Gasteiger partial charge in [-0.1, -0.05) is 25.0 Å². The van der Waals surface area contributed by atoms with E-state index in [0.29, 0.717) is 0 Å². The third-order valence-corrected chi connectivity index (χ3v) is 2.88. The van der Waals surface area contributed by atoms with E-state index < -0.39 is 0 Å². The third-order valence-electron chi connectivity index (χ3n) is 2.88. The predicted molar refractivity (Wildman–Crippen MR) is 68.4 cm³/mol. The van der Waals surface area contributed by atoms with E-state index >= 15 is 0 Å². The Balaban J connectivity index is 2.19. The number of hydrogen-bond acceptors (Lipinski definition) is 2. The molecular formula is C14H22FNO. The molecule has 2 N–H and O–H groups in total. The minimum Gasteiger partial charge on any atom is -0.396 e. The minimum absolute atomic E-state index is 0.181. The maximum absolute atomic E-state index is 13.0. The Hall–Kier alpha value is -0.930. The molecule has 0 aromatic heterocycles. The molecule has 96 valence electrons. The highest BCUT2D eigenvalue weighted by Gasteiger charge is 2.04.